The van der Waals surface area contributed by atoms with E-state index >= 15 is 0 Å². The van der Waals surface area contributed by atoms with E-state index in [9.17, 15) is 4.79 Å². The fraction of sp³-hybridized carbons (Fsp3) is 0.273. The number of hydrogen-bond acceptors (Lipinski definition) is 2. The van der Waals surface area contributed by atoms with E-state index in [1.54, 1.807) is 18.2 Å². The molecule has 1 aromatic heterocycles. The lowest BCUT2D eigenvalue weighted by Gasteiger charge is -2.06. The molecule has 0 saturated carbocycles. The topological polar surface area (TPSA) is 69.8 Å². The van der Waals surface area contributed by atoms with Gasteiger partial charge in [-0.1, -0.05) is 6.92 Å². The van der Waals surface area contributed by atoms with Crippen molar-refractivity contribution >= 4 is 34.4 Å². The number of rotatable bonds is 3. The average Bonchev–Trinajstić information content (AvgIpc) is 2.65. The number of fused-ring (bicyclic) bond motifs is 1. The van der Waals surface area contributed by atoms with E-state index in [0.717, 1.165) is 17.5 Å². The molecule has 0 spiro atoms. The van der Waals surface area contributed by atoms with Gasteiger partial charge in [0, 0.05) is 12.2 Å². The van der Waals surface area contributed by atoms with Gasteiger partial charge in [0.1, 0.15) is 0 Å². The molecule has 2 amide bonds. The first-order chi connectivity index (χ1) is 8.19. The Morgan fingerprint density at radius 2 is 2.35 bits per heavy atom. The maximum atomic E-state index is 11.4. The highest BCUT2D eigenvalue weighted by atomic mass is 35.5. The Hall–Kier alpha value is -1.75. The molecule has 0 aliphatic rings. The summed E-state index contributed by atoms with van der Waals surface area (Å²) in [5, 5.41) is 5.81. The summed E-state index contributed by atoms with van der Waals surface area (Å²) < 4.78 is 0. The largest absolute Gasteiger partial charge is 0.338 e. The lowest BCUT2D eigenvalue weighted by Crippen LogP contribution is -2.29. The number of amides is 2. The molecule has 6 heteroatoms. The Morgan fingerprint density at radius 1 is 1.53 bits per heavy atom. The van der Waals surface area contributed by atoms with E-state index < -0.39 is 0 Å². The second-order valence-corrected chi connectivity index (χ2v) is 4.00. The minimum Gasteiger partial charge on any atom is -0.338 e. The summed E-state index contributed by atoms with van der Waals surface area (Å²) in [5.41, 5.74) is 2.27. The summed E-state index contributed by atoms with van der Waals surface area (Å²) in [6.45, 7) is 2.66. The number of aromatic amines is 1. The van der Waals surface area contributed by atoms with Crippen LogP contribution in [0.25, 0.3) is 11.0 Å². The van der Waals surface area contributed by atoms with Crippen molar-refractivity contribution < 1.29 is 4.79 Å². The van der Waals surface area contributed by atoms with Gasteiger partial charge in [-0.05, 0) is 36.2 Å². The van der Waals surface area contributed by atoms with Gasteiger partial charge in [-0.2, -0.15) is 0 Å². The number of urea groups is 1. The molecule has 1 heterocycles. The third-order valence-electron chi connectivity index (χ3n) is 2.25. The molecule has 1 aromatic carbocycles. The first kappa shape index (κ1) is 11.7. The van der Waals surface area contributed by atoms with Crippen molar-refractivity contribution in [2.45, 2.75) is 13.3 Å². The Labute approximate surface area is 104 Å². The zero-order valence-electron chi connectivity index (χ0n) is 9.38. The average molecular weight is 253 g/mol. The molecule has 3 N–H and O–H groups in total. The van der Waals surface area contributed by atoms with Gasteiger partial charge in [-0.3, -0.25) is 0 Å². The number of imidazole rings is 1. The standard InChI is InChI=1S/C11H13ClN4O/c1-2-5-13-11(17)14-7-3-4-8-9(6-7)16-10(12)15-8/h3-4,6H,2,5H2,1H3,(H,15,16)(H2,13,14,17). The first-order valence-corrected chi connectivity index (χ1v) is 5.77. The second kappa shape index (κ2) is 5.05. The van der Waals surface area contributed by atoms with Crippen molar-refractivity contribution in [2.75, 3.05) is 11.9 Å². The van der Waals surface area contributed by atoms with E-state index in [4.69, 9.17) is 11.6 Å². The number of carbonyl (C=O) groups is 1. The highest BCUT2D eigenvalue weighted by Crippen LogP contribution is 2.18. The van der Waals surface area contributed by atoms with E-state index in [0.29, 0.717) is 17.5 Å². The van der Waals surface area contributed by atoms with Gasteiger partial charge in [-0.15, -0.1) is 0 Å². The van der Waals surface area contributed by atoms with Crippen molar-refractivity contribution in [3.05, 3.63) is 23.5 Å². The molecule has 0 aliphatic heterocycles. The molecule has 17 heavy (non-hydrogen) atoms. The van der Waals surface area contributed by atoms with E-state index in [2.05, 4.69) is 20.6 Å². The molecule has 0 unspecified atom stereocenters. The van der Waals surface area contributed by atoms with Gasteiger partial charge in [0.15, 0.2) is 0 Å². The predicted octanol–water partition coefficient (Wildman–Crippen LogP) is 2.75. The van der Waals surface area contributed by atoms with Gasteiger partial charge < -0.3 is 15.6 Å². The van der Waals surface area contributed by atoms with Crippen LogP contribution in [0.1, 0.15) is 13.3 Å². The first-order valence-electron chi connectivity index (χ1n) is 5.39. The number of nitrogens with zero attached hydrogens (tertiary/aromatic N) is 1. The fourth-order valence-electron chi connectivity index (χ4n) is 1.47. The molecule has 0 saturated heterocycles. The molecule has 0 fully saturated rings. The van der Waals surface area contributed by atoms with Gasteiger partial charge >= 0.3 is 6.03 Å². The second-order valence-electron chi connectivity index (χ2n) is 3.64. The highest BCUT2D eigenvalue weighted by Gasteiger charge is 2.04. The molecule has 5 nitrogen and oxygen atoms in total. The van der Waals surface area contributed by atoms with Crippen LogP contribution >= 0.6 is 11.6 Å². The van der Waals surface area contributed by atoms with Crippen LogP contribution in [0, 0.1) is 0 Å². The minimum absolute atomic E-state index is 0.211. The predicted molar refractivity (Wildman–Crippen MR) is 68.4 cm³/mol. The fourth-order valence-corrected chi connectivity index (χ4v) is 1.66. The zero-order chi connectivity index (χ0) is 12.3. The van der Waals surface area contributed by atoms with Crippen LogP contribution in [-0.2, 0) is 0 Å². The number of aromatic nitrogens is 2. The Bertz CT molecular complexity index is 537. The van der Waals surface area contributed by atoms with Gasteiger partial charge in [0.05, 0.1) is 11.0 Å². The van der Waals surface area contributed by atoms with Crippen molar-refractivity contribution in [1.82, 2.24) is 15.3 Å². The Kier molecular flexibility index (Phi) is 3.49. The third kappa shape index (κ3) is 2.88. The number of H-pyrrole nitrogens is 1. The number of hydrogen-bond donors (Lipinski definition) is 3. The maximum Gasteiger partial charge on any atom is 0.319 e. The maximum absolute atomic E-state index is 11.4. The summed E-state index contributed by atoms with van der Waals surface area (Å²) >= 11 is 5.74. The number of benzene rings is 1. The third-order valence-corrected chi connectivity index (χ3v) is 2.43. The van der Waals surface area contributed by atoms with Crippen LogP contribution in [0.5, 0.6) is 0 Å². The van der Waals surface area contributed by atoms with Crippen LogP contribution in [-0.4, -0.2) is 22.5 Å². The zero-order valence-corrected chi connectivity index (χ0v) is 10.1. The summed E-state index contributed by atoms with van der Waals surface area (Å²) in [7, 11) is 0. The minimum atomic E-state index is -0.211. The molecular weight excluding hydrogens is 240 g/mol. The summed E-state index contributed by atoms with van der Waals surface area (Å²) in [6, 6.07) is 5.16. The van der Waals surface area contributed by atoms with E-state index in [1.165, 1.54) is 0 Å². The molecule has 2 aromatic rings. The van der Waals surface area contributed by atoms with Gasteiger partial charge in [-0.25, -0.2) is 9.78 Å². The Morgan fingerprint density at radius 3 is 3.12 bits per heavy atom. The van der Waals surface area contributed by atoms with Crippen LogP contribution in [0.15, 0.2) is 18.2 Å². The number of halogens is 1. The molecule has 0 bridgehead atoms. The summed E-state index contributed by atoms with van der Waals surface area (Å²) in [4.78, 5) is 18.4. The molecular formula is C11H13ClN4O. The van der Waals surface area contributed by atoms with Crippen LogP contribution in [0.4, 0.5) is 10.5 Å². The van der Waals surface area contributed by atoms with Crippen LogP contribution in [0.2, 0.25) is 5.28 Å². The number of carbonyl (C=O) groups excluding carboxylic acids is 1. The molecule has 2 rings (SSSR count). The molecule has 0 aliphatic carbocycles. The number of anilines is 1. The summed E-state index contributed by atoms with van der Waals surface area (Å²) in [6.07, 6.45) is 0.905. The van der Waals surface area contributed by atoms with Crippen molar-refractivity contribution in [3.63, 3.8) is 0 Å². The van der Waals surface area contributed by atoms with E-state index in [-0.39, 0.29) is 6.03 Å². The quantitative estimate of drug-likeness (QED) is 0.786. The van der Waals surface area contributed by atoms with Crippen LogP contribution < -0.4 is 10.6 Å². The highest BCUT2D eigenvalue weighted by molar-refractivity contribution is 6.29. The molecule has 0 radical (unpaired) electrons. The van der Waals surface area contributed by atoms with Crippen molar-refractivity contribution in [3.8, 4) is 0 Å². The van der Waals surface area contributed by atoms with Gasteiger partial charge in [0.25, 0.3) is 0 Å². The Balaban J connectivity index is 2.10. The van der Waals surface area contributed by atoms with Gasteiger partial charge in [0.2, 0.25) is 5.28 Å². The van der Waals surface area contributed by atoms with Crippen molar-refractivity contribution in [2.24, 2.45) is 0 Å². The number of nitrogens with one attached hydrogen (secondary N) is 3. The SMILES string of the molecule is CCCNC(=O)Nc1ccc2nc(Cl)[nH]c2c1. The normalized spacial score (nSPS) is 10.5. The lowest BCUT2D eigenvalue weighted by atomic mass is 10.3. The van der Waals surface area contributed by atoms with E-state index in [1.807, 2.05) is 6.92 Å². The smallest absolute Gasteiger partial charge is 0.319 e. The summed E-state index contributed by atoms with van der Waals surface area (Å²) in [5.74, 6) is 0. The van der Waals surface area contributed by atoms with Crippen LogP contribution in [0.3, 0.4) is 0 Å². The van der Waals surface area contributed by atoms with Crippen molar-refractivity contribution in [1.29, 1.82) is 0 Å². The monoisotopic (exact) mass is 252 g/mol. The molecule has 0 atom stereocenters. The molecule has 90 valence electrons. The lowest BCUT2D eigenvalue weighted by molar-refractivity contribution is 0.252.